The molecule has 11 heavy (non-hydrogen) atoms. The highest BCUT2D eigenvalue weighted by molar-refractivity contribution is 9.09. The molecule has 0 aliphatic carbocycles. The van der Waals surface area contributed by atoms with Crippen LogP contribution in [0.25, 0.3) is 0 Å². The second-order valence-electron chi connectivity index (χ2n) is 2.72. The van der Waals surface area contributed by atoms with E-state index in [9.17, 15) is 8.42 Å². The first-order chi connectivity index (χ1) is 5.12. The average Bonchev–Trinajstić information content (AvgIpc) is 2.24. The molecule has 1 aliphatic rings. The third-order valence-electron chi connectivity index (χ3n) is 2.08. The molecule has 1 rings (SSSR count). The van der Waals surface area contributed by atoms with Gasteiger partial charge in [0.05, 0.1) is 10.5 Å². The molecule has 1 saturated heterocycles. The lowest BCUT2D eigenvalue weighted by Gasteiger charge is -2.07. The van der Waals surface area contributed by atoms with Crippen molar-refractivity contribution in [2.75, 3.05) is 10.7 Å². The van der Waals surface area contributed by atoms with E-state index in [0.29, 0.717) is 10.7 Å². The molecule has 0 radical (unpaired) electrons. The third kappa shape index (κ3) is 1.80. The molecule has 0 aromatic heterocycles. The Hall–Kier alpha value is 0.910. The van der Waals surface area contributed by atoms with E-state index in [2.05, 4.69) is 31.9 Å². The molecule has 66 valence electrons. The van der Waals surface area contributed by atoms with Gasteiger partial charge in [-0.1, -0.05) is 31.9 Å². The number of hydrogen-bond donors (Lipinski definition) is 0. The van der Waals surface area contributed by atoms with E-state index in [1.165, 1.54) is 0 Å². The standard InChI is InChI=1S/C6H10Br2O2S/c7-3-5-1-2-6(4-8)11(5,9)10/h5-6H,1-4H2. The Bertz CT molecular complexity index is 207. The van der Waals surface area contributed by atoms with Crippen LogP contribution in [0.15, 0.2) is 0 Å². The van der Waals surface area contributed by atoms with Crippen molar-refractivity contribution in [3.05, 3.63) is 0 Å². The van der Waals surface area contributed by atoms with Gasteiger partial charge in [-0.25, -0.2) is 8.42 Å². The van der Waals surface area contributed by atoms with Crippen molar-refractivity contribution < 1.29 is 8.42 Å². The number of halogens is 2. The molecule has 1 fully saturated rings. The molecule has 0 saturated carbocycles. The summed E-state index contributed by atoms with van der Waals surface area (Å²) in [4.78, 5) is 0. The molecule has 1 aliphatic heterocycles. The maximum atomic E-state index is 11.5. The van der Waals surface area contributed by atoms with Crippen LogP contribution in [0.2, 0.25) is 0 Å². The van der Waals surface area contributed by atoms with Crippen LogP contribution in [0.5, 0.6) is 0 Å². The van der Waals surface area contributed by atoms with E-state index in [-0.39, 0.29) is 10.5 Å². The number of hydrogen-bond acceptors (Lipinski definition) is 2. The summed E-state index contributed by atoms with van der Waals surface area (Å²) in [7, 11) is -2.82. The molecule has 5 heteroatoms. The van der Waals surface area contributed by atoms with Gasteiger partial charge in [0, 0.05) is 10.7 Å². The van der Waals surface area contributed by atoms with E-state index in [0.717, 1.165) is 12.8 Å². The van der Waals surface area contributed by atoms with Crippen molar-refractivity contribution in [3.8, 4) is 0 Å². The van der Waals surface area contributed by atoms with Gasteiger partial charge in [0.1, 0.15) is 0 Å². The van der Waals surface area contributed by atoms with Crippen molar-refractivity contribution in [2.24, 2.45) is 0 Å². The second-order valence-corrected chi connectivity index (χ2v) is 6.53. The van der Waals surface area contributed by atoms with Gasteiger partial charge in [-0.05, 0) is 12.8 Å². The maximum absolute atomic E-state index is 11.5. The van der Waals surface area contributed by atoms with Gasteiger partial charge < -0.3 is 0 Å². The smallest absolute Gasteiger partial charge is 0.157 e. The third-order valence-corrected chi connectivity index (χ3v) is 7.17. The number of rotatable bonds is 2. The van der Waals surface area contributed by atoms with E-state index >= 15 is 0 Å². The summed E-state index contributed by atoms with van der Waals surface area (Å²) in [6.07, 6.45) is 1.62. The van der Waals surface area contributed by atoms with Gasteiger partial charge in [-0.3, -0.25) is 0 Å². The van der Waals surface area contributed by atoms with Gasteiger partial charge in [0.15, 0.2) is 9.84 Å². The first-order valence-electron chi connectivity index (χ1n) is 3.47. The first kappa shape index (κ1) is 9.99. The van der Waals surface area contributed by atoms with Crippen molar-refractivity contribution in [3.63, 3.8) is 0 Å². The zero-order valence-corrected chi connectivity index (χ0v) is 9.95. The fourth-order valence-corrected chi connectivity index (χ4v) is 5.99. The molecule has 0 aromatic rings. The Morgan fingerprint density at radius 2 is 1.45 bits per heavy atom. The first-order valence-corrected chi connectivity index (χ1v) is 7.32. The predicted molar refractivity (Wildman–Crippen MR) is 53.3 cm³/mol. The van der Waals surface area contributed by atoms with Crippen molar-refractivity contribution in [1.29, 1.82) is 0 Å². The summed E-state index contributed by atoms with van der Waals surface area (Å²) in [5.41, 5.74) is 0. The van der Waals surface area contributed by atoms with Crippen molar-refractivity contribution in [1.82, 2.24) is 0 Å². The van der Waals surface area contributed by atoms with E-state index in [1.54, 1.807) is 0 Å². The summed E-state index contributed by atoms with van der Waals surface area (Å²) >= 11 is 6.43. The predicted octanol–water partition coefficient (Wildman–Crippen LogP) is 1.72. The molecule has 0 amide bonds. The highest BCUT2D eigenvalue weighted by Gasteiger charge is 2.38. The summed E-state index contributed by atoms with van der Waals surface area (Å²) in [5.74, 6) is 0. The van der Waals surface area contributed by atoms with E-state index < -0.39 is 9.84 Å². The number of sulfone groups is 1. The zero-order chi connectivity index (χ0) is 8.48. The normalized spacial score (nSPS) is 35.8. The van der Waals surface area contributed by atoms with Crippen LogP contribution < -0.4 is 0 Å². The van der Waals surface area contributed by atoms with Crippen LogP contribution in [0, 0.1) is 0 Å². The van der Waals surface area contributed by atoms with Gasteiger partial charge in [-0.15, -0.1) is 0 Å². The summed E-state index contributed by atoms with van der Waals surface area (Å²) in [5, 5.41) is 0.868. The Labute approximate surface area is 83.9 Å². The minimum atomic E-state index is -2.82. The SMILES string of the molecule is O=S1(=O)C(CBr)CCC1CBr. The largest absolute Gasteiger partial charge is 0.228 e. The van der Waals surface area contributed by atoms with Gasteiger partial charge in [0.25, 0.3) is 0 Å². The Morgan fingerprint density at radius 1 is 1.09 bits per heavy atom. The molecular weight excluding hydrogens is 296 g/mol. The lowest BCUT2D eigenvalue weighted by atomic mass is 10.2. The van der Waals surface area contributed by atoms with Crippen LogP contribution in [-0.4, -0.2) is 29.6 Å². The van der Waals surface area contributed by atoms with Crippen LogP contribution in [0.4, 0.5) is 0 Å². The minimum Gasteiger partial charge on any atom is -0.228 e. The van der Waals surface area contributed by atoms with E-state index in [1.807, 2.05) is 0 Å². The lowest BCUT2D eigenvalue weighted by Crippen LogP contribution is -2.24. The van der Waals surface area contributed by atoms with Crippen molar-refractivity contribution in [2.45, 2.75) is 23.3 Å². The quantitative estimate of drug-likeness (QED) is 0.728. The Kier molecular flexibility index (Phi) is 3.40. The molecule has 2 nitrogen and oxygen atoms in total. The Balaban J connectivity index is 2.81. The molecule has 2 unspecified atom stereocenters. The summed E-state index contributed by atoms with van der Waals surface area (Å²) in [6, 6.07) is 0. The van der Waals surface area contributed by atoms with Crippen LogP contribution in [0.3, 0.4) is 0 Å². The van der Waals surface area contributed by atoms with Gasteiger partial charge in [-0.2, -0.15) is 0 Å². The highest BCUT2D eigenvalue weighted by Crippen LogP contribution is 2.29. The topological polar surface area (TPSA) is 34.1 Å². The fourth-order valence-electron chi connectivity index (χ4n) is 1.30. The minimum absolute atomic E-state index is 0.148. The van der Waals surface area contributed by atoms with Crippen LogP contribution in [-0.2, 0) is 9.84 Å². The van der Waals surface area contributed by atoms with Crippen LogP contribution in [0.1, 0.15) is 12.8 Å². The summed E-state index contributed by atoms with van der Waals surface area (Å²) in [6.45, 7) is 0. The molecule has 0 spiro atoms. The van der Waals surface area contributed by atoms with E-state index in [4.69, 9.17) is 0 Å². The second kappa shape index (κ2) is 3.75. The molecule has 0 bridgehead atoms. The fraction of sp³-hybridized carbons (Fsp3) is 1.00. The molecule has 1 heterocycles. The maximum Gasteiger partial charge on any atom is 0.157 e. The molecule has 0 aromatic carbocycles. The molecular formula is C6H10Br2O2S. The average molecular weight is 306 g/mol. The number of alkyl halides is 2. The van der Waals surface area contributed by atoms with Gasteiger partial charge in [0.2, 0.25) is 0 Å². The van der Waals surface area contributed by atoms with Crippen LogP contribution >= 0.6 is 31.9 Å². The summed E-state index contributed by atoms with van der Waals surface area (Å²) < 4.78 is 23.0. The van der Waals surface area contributed by atoms with Gasteiger partial charge >= 0.3 is 0 Å². The zero-order valence-electron chi connectivity index (χ0n) is 5.96. The van der Waals surface area contributed by atoms with Crippen molar-refractivity contribution >= 4 is 41.7 Å². The molecule has 0 N–H and O–H groups in total. The Morgan fingerprint density at radius 3 is 1.64 bits per heavy atom. The monoisotopic (exact) mass is 304 g/mol. The highest BCUT2D eigenvalue weighted by atomic mass is 79.9. The lowest BCUT2D eigenvalue weighted by molar-refractivity contribution is 0.588. The molecule has 2 atom stereocenters.